The van der Waals surface area contributed by atoms with Gasteiger partial charge in [-0.05, 0) is 6.07 Å². The monoisotopic (exact) mass is 241 g/mol. The molecular weight excluding hydrogens is 237 g/mol. The van der Waals surface area contributed by atoms with Crippen molar-refractivity contribution in [2.45, 2.75) is 12.6 Å². The number of rotatable bonds is 2. The van der Waals surface area contributed by atoms with Gasteiger partial charge in [-0.2, -0.15) is 13.2 Å². The molecule has 0 amide bonds. The summed E-state index contributed by atoms with van der Waals surface area (Å²) in [6.07, 6.45) is -8.68. The van der Waals surface area contributed by atoms with Crippen LogP contribution in [0.3, 0.4) is 0 Å². The SMILES string of the molecule is O=Cc1cc(C(F)(F)F)c(C(F)F)[nH]c1=O. The van der Waals surface area contributed by atoms with Crippen LogP contribution in [-0.4, -0.2) is 11.3 Å². The molecule has 0 aliphatic rings. The minimum atomic E-state index is -5.06. The van der Waals surface area contributed by atoms with Gasteiger partial charge in [0.1, 0.15) is 0 Å². The van der Waals surface area contributed by atoms with Crippen molar-refractivity contribution < 1.29 is 26.7 Å². The van der Waals surface area contributed by atoms with Crippen LogP contribution in [-0.2, 0) is 6.18 Å². The molecule has 0 atom stereocenters. The first-order valence-electron chi connectivity index (χ1n) is 3.85. The molecule has 0 unspecified atom stereocenters. The molecule has 3 nitrogen and oxygen atoms in total. The second-order valence-corrected chi connectivity index (χ2v) is 2.80. The molecule has 0 radical (unpaired) electrons. The zero-order valence-electron chi connectivity index (χ0n) is 7.44. The Bertz CT molecular complexity index is 462. The average molecular weight is 241 g/mol. The summed E-state index contributed by atoms with van der Waals surface area (Å²) in [6.45, 7) is 0. The number of carbonyl (C=O) groups excluding carboxylic acids is 1. The summed E-state index contributed by atoms with van der Waals surface area (Å²) in [5, 5.41) is 0. The van der Waals surface area contributed by atoms with Crippen LogP contribution in [0, 0.1) is 0 Å². The number of aromatic amines is 1. The van der Waals surface area contributed by atoms with Crippen LogP contribution in [0.4, 0.5) is 22.0 Å². The third-order valence-electron chi connectivity index (χ3n) is 1.75. The summed E-state index contributed by atoms with van der Waals surface area (Å²) in [7, 11) is 0. The molecule has 88 valence electrons. The van der Waals surface area contributed by atoms with Crippen molar-refractivity contribution in [2.24, 2.45) is 0 Å². The number of hydrogen-bond donors (Lipinski definition) is 1. The van der Waals surface area contributed by atoms with Crippen LogP contribution in [0.1, 0.15) is 28.0 Å². The molecule has 1 heterocycles. The van der Waals surface area contributed by atoms with E-state index < -0.39 is 35.0 Å². The quantitative estimate of drug-likeness (QED) is 0.637. The van der Waals surface area contributed by atoms with Crippen molar-refractivity contribution in [2.75, 3.05) is 0 Å². The smallest absolute Gasteiger partial charge is 0.320 e. The first kappa shape index (κ1) is 12.3. The Labute approximate surface area is 84.9 Å². The maximum atomic E-state index is 12.3. The lowest BCUT2D eigenvalue weighted by Crippen LogP contribution is -2.21. The summed E-state index contributed by atoms with van der Waals surface area (Å²) in [5.41, 5.74) is -5.39. The topological polar surface area (TPSA) is 49.9 Å². The average Bonchev–Trinajstić information content (AvgIpc) is 2.15. The van der Waals surface area contributed by atoms with E-state index in [0.29, 0.717) is 0 Å². The van der Waals surface area contributed by atoms with E-state index in [1.54, 1.807) is 0 Å². The van der Waals surface area contributed by atoms with Crippen LogP contribution in [0.2, 0.25) is 0 Å². The number of nitrogens with one attached hydrogen (secondary N) is 1. The molecular formula is C8H4F5NO2. The molecule has 1 N–H and O–H groups in total. The van der Waals surface area contributed by atoms with Crippen LogP contribution in [0.15, 0.2) is 10.9 Å². The molecule has 0 saturated carbocycles. The van der Waals surface area contributed by atoms with Crippen molar-refractivity contribution in [1.29, 1.82) is 0 Å². The number of hydrogen-bond acceptors (Lipinski definition) is 2. The molecule has 0 aliphatic carbocycles. The molecule has 16 heavy (non-hydrogen) atoms. The molecule has 1 aromatic heterocycles. The van der Waals surface area contributed by atoms with Gasteiger partial charge in [-0.15, -0.1) is 0 Å². The molecule has 1 rings (SSSR count). The maximum absolute atomic E-state index is 12.3. The summed E-state index contributed by atoms with van der Waals surface area (Å²) in [5.74, 6) is 0. The minimum Gasteiger partial charge on any atom is -0.320 e. The summed E-state index contributed by atoms with van der Waals surface area (Å²) in [4.78, 5) is 22.4. The first-order valence-corrected chi connectivity index (χ1v) is 3.85. The molecule has 1 aromatic rings. The van der Waals surface area contributed by atoms with Crippen LogP contribution >= 0.6 is 0 Å². The second-order valence-electron chi connectivity index (χ2n) is 2.80. The lowest BCUT2D eigenvalue weighted by Gasteiger charge is -2.11. The van der Waals surface area contributed by atoms with Crippen molar-refractivity contribution in [3.63, 3.8) is 0 Å². The highest BCUT2D eigenvalue weighted by atomic mass is 19.4. The van der Waals surface area contributed by atoms with E-state index in [4.69, 9.17) is 0 Å². The van der Waals surface area contributed by atoms with Gasteiger partial charge in [-0.3, -0.25) is 9.59 Å². The highest BCUT2D eigenvalue weighted by Crippen LogP contribution is 2.34. The zero-order valence-corrected chi connectivity index (χ0v) is 7.44. The van der Waals surface area contributed by atoms with Gasteiger partial charge in [0.05, 0.1) is 16.8 Å². The number of halogens is 5. The molecule has 0 saturated heterocycles. The second kappa shape index (κ2) is 4.03. The minimum absolute atomic E-state index is 0.104. The molecule has 0 aromatic carbocycles. The Kier molecular flexibility index (Phi) is 3.11. The van der Waals surface area contributed by atoms with Gasteiger partial charge in [0.2, 0.25) is 0 Å². The van der Waals surface area contributed by atoms with Gasteiger partial charge in [0, 0.05) is 0 Å². The van der Waals surface area contributed by atoms with E-state index in [1.165, 1.54) is 4.98 Å². The van der Waals surface area contributed by atoms with Crippen LogP contribution < -0.4 is 5.56 Å². The van der Waals surface area contributed by atoms with E-state index in [0.717, 1.165) is 0 Å². The third kappa shape index (κ3) is 2.26. The maximum Gasteiger partial charge on any atom is 0.418 e. The predicted octanol–water partition coefficient (Wildman–Crippen LogP) is 2.14. The molecule has 0 aliphatic heterocycles. The van der Waals surface area contributed by atoms with Gasteiger partial charge in [-0.1, -0.05) is 0 Å². The fourth-order valence-electron chi connectivity index (χ4n) is 1.05. The lowest BCUT2D eigenvalue weighted by atomic mass is 10.1. The molecule has 0 fully saturated rings. The van der Waals surface area contributed by atoms with Gasteiger partial charge >= 0.3 is 6.18 Å². The fraction of sp³-hybridized carbons (Fsp3) is 0.250. The van der Waals surface area contributed by atoms with Crippen molar-refractivity contribution in [1.82, 2.24) is 4.98 Å². The predicted molar refractivity (Wildman–Crippen MR) is 42.4 cm³/mol. The van der Waals surface area contributed by atoms with Crippen molar-refractivity contribution >= 4 is 6.29 Å². The standard InChI is InChI=1S/C8H4F5NO2/c9-6(10)5-4(8(11,12)13)1-3(2-15)7(16)14-5/h1-2,6H,(H,14,16). The largest absolute Gasteiger partial charge is 0.418 e. The number of aldehydes is 1. The number of H-pyrrole nitrogens is 1. The molecule has 0 spiro atoms. The van der Waals surface area contributed by atoms with Gasteiger partial charge in [0.15, 0.2) is 6.29 Å². The van der Waals surface area contributed by atoms with E-state index in [2.05, 4.69) is 0 Å². The Hall–Kier alpha value is -1.73. The Balaban J connectivity index is 3.56. The number of aromatic nitrogens is 1. The number of pyridine rings is 1. The number of alkyl halides is 5. The van der Waals surface area contributed by atoms with E-state index in [-0.39, 0.29) is 12.4 Å². The first-order chi connectivity index (χ1) is 7.27. The Morgan fingerprint density at radius 3 is 2.25 bits per heavy atom. The van der Waals surface area contributed by atoms with Crippen molar-refractivity contribution in [3.8, 4) is 0 Å². The lowest BCUT2D eigenvalue weighted by molar-refractivity contribution is -0.140. The van der Waals surface area contributed by atoms with Crippen LogP contribution in [0.5, 0.6) is 0 Å². The van der Waals surface area contributed by atoms with E-state index >= 15 is 0 Å². The fourth-order valence-corrected chi connectivity index (χ4v) is 1.05. The number of carbonyl (C=O) groups is 1. The summed E-state index contributed by atoms with van der Waals surface area (Å²) in [6, 6.07) is 0.104. The normalized spacial score (nSPS) is 11.9. The van der Waals surface area contributed by atoms with E-state index in [9.17, 15) is 31.5 Å². The highest BCUT2D eigenvalue weighted by Gasteiger charge is 2.37. The zero-order chi connectivity index (χ0) is 12.5. The van der Waals surface area contributed by atoms with Gasteiger partial charge in [0.25, 0.3) is 12.0 Å². The van der Waals surface area contributed by atoms with Crippen molar-refractivity contribution in [3.05, 3.63) is 33.2 Å². The van der Waals surface area contributed by atoms with Gasteiger partial charge < -0.3 is 4.98 Å². The van der Waals surface area contributed by atoms with E-state index in [1.807, 2.05) is 0 Å². The highest BCUT2D eigenvalue weighted by molar-refractivity contribution is 5.74. The van der Waals surface area contributed by atoms with Crippen LogP contribution in [0.25, 0.3) is 0 Å². The Morgan fingerprint density at radius 2 is 1.88 bits per heavy atom. The summed E-state index contributed by atoms with van der Waals surface area (Å²) >= 11 is 0. The third-order valence-corrected chi connectivity index (χ3v) is 1.75. The summed E-state index contributed by atoms with van der Waals surface area (Å²) < 4.78 is 61.3. The van der Waals surface area contributed by atoms with Gasteiger partial charge in [-0.25, -0.2) is 8.78 Å². The molecule has 0 bridgehead atoms. The Morgan fingerprint density at radius 1 is 1.31 bits per heavy atom. The molecule has 8 heteroatoms.